The van der Waals surface area contributed by atoms with Crippen molar-refractivity contribution in [1.29, 1.82) is 0 Å². The Hall–Kier alpha value is -1.09. The van der Waals surface area contributed by atoms with Crippen LogP contribution in [-0.4, -0.2) is 5.16 Å². The molecule has 1 fully saturated rings. The predicted molar refractivity (Wildman–Crippen MR) is 61.6 cm³/mol. The minimum atomic E-state index is 0.627. The third-order valence-corrected chi connectivity index (χ3v) is 3.18. The Labute approximate surface area is 96.4 Å². The zero-order valence-electron chi connectivity index (χ0n) is 8.11. The van der Waals surface area contributed by atoms with Gasteiger partial charge in [0.05, 0.1) is 0 Å². The second-order valence-corrected chi connectivity index (χ2v) is 4.81. The molecule has 1 aromatic heterocycles. The SMILES string of the molecule is Brc1ccc(-c2cc(C3CC3)on2)cc1. The van der Waals surface area contributed by atoms with E-state index in [1.54, 1.807) is 0 Å². The number of aromatic nitrogens is 1. The van der Waals surface area contributed by atoms with Gasteiger partial charge in [0, 0.05) is 22.0 Å². The van der Waals surface area contributed by atoms with Gasteiger partial charge in [-0.1, -0.05) is 33.2 Å². The van der Waals surface area contributed by atoms with Gasteiger partial charge in [-0.05, 0) is 25.0 Å². The predicted octanol–water partition coefficient (Wildman–Crippen LogP) is 3.98. The average molecular weight is 264 g/mol. The number of benzene rings is 1. The van der Waals surface area contributed by atoms with Crippen molar-refractivity contribution in [2.45, 2.75) is 18.8 Å². The van der Waals surface area contributed by atoms with E-state index >= 15 is 0 Å². The van der Waals surface area contributed by atoms with Crippen LogP contribution in [0.1, 0.15) is 24.5 Å². The van der Waals surface area contributed by atoms with Crippen LogP contribution >= 0.6 is 15.9 Å². The molecule has 3 rings (SSSR count). The normalized spacial score (nSPS) is 15.5. The van der Waals surface area contributed by atoms with E-state index in [0.717, 1.165) is 21.5 Å². The Morgan fingerprint density at radius 1 is 1.20 bits per heavy atom. The topological polar surface area (TPSA) is 26.0 Å². The highest BCUT2D eigenvalue weighted by molar-refractivity contribution is 9.10. The van der Waals surface area contributed by atoms with Gasteiger partial charge in [0.15, 0.2) is 0 Å². The Morgan fingerprint density at radius 3 is 2.60 bits per heavy atom. The lowest BCUT2D eigenvalue weighted by Gasteiger charge is -1.94. The number of hydrogen-bond donors (Lipinski definition) is 0. The highest BCUT2D eigenvalue weighted by Crippen LogP contribution is 2.41. The van der Waals surface area contributed by atoms with E-state index in [4.69, 9.17) is 4.52 Å². The summed E-state index contributed by atoms with van der Waals surface area (Å²) >= 11 is 3.41. The van der Waals surface area contributed by atoms with Crippen molar-refractivity contribution in [2.24, 2.45) is 0 Å². The molecule has 0 N–H and O–H groups in total. The molecule has 76 valence electrons. The summed E-state index contributed by atoms with van der Waals surface area (Å²) in [6.45, 7) is 0. The quantitative estimate of drug-likeness (QED) is 0.819. The first kappa shape index (κ1) is 9.16. The van der Waals surface area contributed by atoms with Crippen molar-refractivity contribution in [1.82, 2.24) is 5.16 Å². The molecule has 1 heterocycles. The second kappa shape index (κ2) is 3.49. The molecule has 0 unspecified atom stereocenters. The molecule has 15 heavy (non-hydrogen) atoms. The smallest absolute Gasteiger partial charge is 0.140 e. The fraction of sp³-hybridized carbons (Fsp3) is 0.250. The van der Waals surface area contributed by atoms with E-state index < -0.39 is 0 Å². The zero-order chi connectivity index (χ0) is 10.3. The summed E-state index contributed by atoms with van der Waals surface area (Å²) < 4.78 is 6.39. The minimum absolute atomic E-state index is 0.627. The molecule has 1 aromatic carbocycles. The monoisotopic (exact) mass is 263 g/mol. The van der Waals surface area contributed by atoms with Gasteiger partial charge in [-0.15, -0.1) is 0 Å². The third-order valence-electron chi connectivity index (χ3n) is 2.65. The molecule has 0 atom stereocenters. The maximum atomic E-state index is 5.31. The summed E-state index contributed by atoms with van der Waals surface area (Å²) in [5.41, 5.74) is 2.04. The molecule has 3 heteroatoms. The minimum Gasteiger partial charge on any atom is -0.360 e. The van der Waals surface area contributed by atoms with Crippen molar-refractivity contribution in [3.63, 3.8) is 0 Å². The Balaban J connectivity index is 1.93. The molecule has 1 aliphatic carbocycles. The first-order valence-corrected chi connectivity index (χ1v) is 5.85. The molecule has 2 aromatic rings. The summed E-state index contributed by atoms with van der Waals surface area (Å²) in [7, 11) is 0. The average Bonchev–Trinajstić information content (AvgIpc) is 2.99. The van der Waals surface area contributed by atoms with Crippen LogP contribution < -0.4 is 0 Å². The lowest BCUT2D eigenvalue weighted by Crippen LogP contribution is -1.75. The van der Waals surface area contributed by atoms with Gasteiger partial charge in [0.1, 0.15) is 11.5 Å². The van der Waals surface area contributed by atoms with Crippen molar-refractivity contribution in [3.05, 3.63) is 40.6 Å². The number of halogens is 1. The van der Waals surface area contributed by atoms with Crippen LogP contribution in [0.15, 0.2) is 39.3 Å². The van der Waals surface area contributed by atoms with Crippen LogP contribution in [0.5, 0.6) is 0 Å². The highest BCUT2D eigenvalue weighted by atomic mass is 79.9. The Kier molecular flexibility index (Phi) is 2.13. The maximum absolute atomic E-state index is 5.31. The van der Waals surface area contributed by atoms with E-state index in [1.165, 1.54) is 12.8 Å². The molecule has 1 aliphatic rings. The maximum Gasteiger partial charge on any atom is 0.140 e. The summed E-state index contributed by atoms with van der Waals surface area (Å²) in [4.78, 5) is 0. The molecular formula is C12H10BrNO. The molecule has 0 amide bonds. The highest BCUT2D eigenvalue weighted by Gasteiger charge is 2.27. The molecule has 0 radical (unpaired) electrons. The first-order chi connectivity index (χ1) is 7.33. The molecule has 0 bridgehead atoms. The molecular weight excluding hydrogens is 254 g/mol. The van der Waals surface area contributed by atoms with Gasteiger partial charge in [0.2, 0.25) is 0 Å². The van der Waals surface area contributed by atoms with Gasteiger partial charge in [-0.25, -0.2) is 0 Å². The van der Waals surface area contributed by atoms with Crippen LogP contribution in [0.25, 0.3) is 11.3 Å². The van der Waals surface area contributed by atoms with Gasteiger partial charge in [-0.2, -0.15) is 0 Å². The van der Waals surface area contributed by atoms with E-state index in [-0.39, 0.29) is 0 Å². The standard InChI is InChI=1S/C12H10BrNO/c13-10-5-3-8(4-6-10)11-7-12(15-14-11)9-1-2-9/h3-7,9H,1-2H2. The summed E-state index contributed by atoms with van der Waals surface area (Å²) in [6, 6.07) is 10.2. The van der Waals surface area contributed by atoms with Crippen LogP contribution in [0.2, 0.25) is 0 Å². The van der Waals surface area contributed by atoms with Gasteiger partial charge in [0.25, 0.3) is 0 Å². The summed E-state index contributed by atoms with van der Waals surface area (Å²) in [5, 5.41) is 4.09. The van der Waals surface area contributed by atoms with Crippen LogP contribution in [0.3, 0.4) is 0 Å². The van der Waals surface area contributed by atoms with E-state index in [9.17, 15) is 0 Å². The van der Waals surface area contributed by atoms with Crippen LogP contribution in [-0.2, 0) is 0 Å². The van der Waals surface area contributed by atoms with Crippen molar-refractivity contribution in [2.75, 3.05) is 0 Å². The molecule has 0 saturated heterocycles. The van der Waals surface area contributed by atoms with Crippen LogP contribution in [0.4, 0.5) is 0 Å². The van der Waals surface area contributed by atoms with E-state index in [2.05, 4.69) is 27.2 Å². The van der Waals surface area contributed by atoms with Gasteiger partial charge in [-0.3, -0.25) is 0 Å². The fourth-order valence-electron chi connectivity index (χ4n) is 1.61. The lowest BCUT2D eigenvalue weighted by molar-refractivity contribution is 0.386. The molecule has 1 saturated carbocycles. The van der Waals surface area contributed by atoms with Crippen LogP contribution in [0, 0.1) is 0 Å². The molecule has 0 aliphatic heterocycles. The van der Waals surface area contributed by atoms with Crippen molar-refractivity contribution >= 4 is 15.9 Å². The fourth-order valence-corrected chi connectivity index (χ4v) is 1.87. The van der Waals surface area contributed by atoms with E-state index in [0.29, 0.717) is 5.92 Å². The van der Waals surface area contributed by atoms with E-state index in [1.807, 2.05) is 24.3 Å². The largest absolute Gasteiger partial charge is 0.360 e. The number of nitrogens with zero attached hydrogens (tertiary/aromatic N) is 1. The third kappa shape index (κ3) is 1.84. The van der Waals surface area contributed by atoms with Gasteiger partial charge >= 0.3 is 0 Å². The first-order valence-electron chi connectivity index (χ1n) is 5.05. The second-order valence-electron chi connectivity index (χ2n) is 3.90. The summed E-state index contributed by atoms with van der Waals surface area (Å²) in [6.07, 6.45) is 2.49. The zero-order valence-corrected chi connectivity index (χ0v) is 9.70. The Bertz CT molecular complexity index is 471. The van der Waals surface area contributed by atoms with Crippen molar-refractivity contribution in [3.8, 4) is 11.3 Å². The Morgan fingerprint density at radius 2 is 1.93 bits per heavy atom. The lowest BCUT2D eigenvalue weighted by atomic mass is 10.1. The molecule has 2 nitrogen and oxygen atoms in total. The summed E-state index contributed by atoms with van der Waals surface area (Å²) in [5.74, 6) is 1.66. The number of hydrogen-bond acceptors (Lipinski definition) is 2. The van der Waals surface area contributed by atoms with Crippen molar-refractivity contribution < 1.29 is 4.52 Å². The molecule has 0 spiro atoms. The van der Waals surface area contributed by atoms with Gasteiger partial charge < -0.3 is 4.52 Å². The number of rotatable bonds is 2.